The normalized spacial score (nSPS) is 16.7. The van der Waals surface area contributed by atoms with Crippen molar-refractivity contribution in [1.82, 2.24) is 0 Å². The molecule has 0 radical (unpaired) electrons. The van der Waals surface area contributed by atoms with Crippen LogP contribution in [0.4, 0.5) is 10.1 Å². The number of carbonyl (C=O) groups excluding carboxylic acids is 3. The van der Waals surface area contributed by atoms with Gasteiger partial charge in [0.15, 0.2) is 0 Å². The molecular weight excluding hydrogens is 451 g/mol. The summed E-state index contributed by atoms with van der Waals surface area (Å²) >= 11 is 0. The van der Waals surface area contributed by atoms with E-state index >= 15 is 0 Å². The molecule has 1 atom stereocenters. The van der Waals surface area contributed by atoms with Gasteiger partial charge in [0.2, 0.25) is 0 Å². The number of aliphatic hydroxyl groups is 1. The Hall–Kier alpha value is -4.77. The van der Waals surface area contributed by atoms with Crippen LogP contribution in [-0.4, -0.2) is 22.8 Å². The minimum absolute atomic E-state index is 0.169. The van der Waals surface area contributed by atoms with Crippen LogP contribution in [0.15, 0.2) is 72.3 Å². The van der Waals surface area contributed by atoms with Gasteiger partial charge in [0.25, 0.3) is 11.7 Å². The number of halogens is 1. The maximum atomic E-state index is 13.8. The number of nitrogens with zero attached hydrogens (tertiary/aromatic N) is 2. The van der Waals surface area contributed by atoms with Gasteiger partial charge in [-0.05, 0) is 72.6 Å². The molecule has 0 aromatic heterocycles. The first-order chi connectivity index (χ1) is 16.7. The molecule has 3 aromatic rings. The third-order valence-electron chi connectivity index (χ3n) is 5.59. The van der Waals surface area contributed by atoms with Gasteiger partial charge < -0.3 is 9.84 Å². The van der Waals surface area contributed by atoms with Crippen LogP contribution in [0.2, 0.25) is 0 Å². The Labute approximate surface area is 200 Å². The van der Waals surface area contributed by atoms with Crippen LogP contribution in [-0.2, 0) is 14.4 Å². The second-order valence-electron chi connectivity index (χ2n) is 7.96. The van der Waals surface area contributed by atoms with E-state index in [1.807, 2.05) is 6.07 Å². The van der Waals surface area contributed by atoms with Gasteiger partial charge in [0, 0.05) is 18.2 Å². The maximum absolute atomic E-state index is 13.8. The number of anilines is 1. The Bertz CT molecular complexity index is 1440. The third kappa shape index (κ3) is 4.39. The quantitative estimate of drug-likeness (QED) is 0.197. The van der Waals surface area contributed by atoms with Crippen LogP contribution in [0.1, 0.15) is 35.2 Å². The zero-order chi connectivity index (χ0) is 25.3. The van der Waals surface area contributed by atoms with Gasteiger partial charge >= 0.3 is 5.97 Å². The molecule has 174 valence electrons. The molecule has 1 unspecified atom stereocenters. The van der Waals surface area contributed by atoms with E-state index in [2.05, 4.69) is 0 Å². The summed E-state index contributed by atoms with van der Waals surface area (Å²) in [5, 5.41) is 20.3. The lowest BCUT2D eigenvalue weighted by Crippen LogP contribution is -2.29. The Balaban J connectivity index is 1.94. The van der Waals surface area contributed by atoms with Gasteiger partial charge in [-0.3, -0.25) is 19.3 Å². The number of carbonyl (C=O) groups is 3. The summed E-state index contributed by atoms with van der Waals surface area (Å²) in [5.41, 5.74) is 1.30. The van der Waals surface area contributed by atoms with Crippen molar-refractivity contribution in [2.24, 2.45) is 0 Å². The fourth-order valence-corrected chi connectivity index (χ4v) is 3.97. The molecule has 1 amide bonds. The van der Waals surface area contributed by atoms with Crippen molar-refractivity contribution in [3.63, 3.8) is 0 Å². The fraction of sp³-hybridized carbons (Fsp3) is 0.111. The Morgan fingerprint density at radius 2 is 1.80 bits per heavy atom. The molecule has 1 N–H and O–H groups in total. The zero-order valence-corrected chi connectivity index (χ0v) is 18.8. The number of rotatable bonds is 4. The Kier molecular flexibility index (Phi) is 6.17. The molecule has 3 aromatic carbocycles. The van der Waals surface area contributed by atoms with Gasteiger partial charge in [-0.2, -0.15) is 5.26 Å². The zero-order valence-electron chi connectivity index (χ0n) is 18.8. The number of nitriles is 1. The largest absolute Gasteiger partial charge is 0.507 e. The lowest BCUT2D eigenvalue weighted by atomic mass is 9.94. The Morgan fingerprint density at radius 3 is 2.43 bits per heavy atom. The minimum Gasteiger partial charge on any atom is -0.507 e. The number of aliphatic hydroxyl groups excluding tert-OH is 1. The number of Topliss-reactive ketones (excluding diaryl/α,β-unsaturated/α-hetero) is 1. The smallest absolute Gasteiger partial charge is 0.308 e. The van der Waals surface area contributed by atoms with Crippen LogP contribution in [0.5, 0.6) is 5.75 Å². The Morgan fingerprint density at radius 1 is 1.09 bits per heavy atom. The summed E-state index contributed by atoms with van der Waals surface area (Å²) < 4.78 is 19.0. The number of ether oxygens (including phenoxy) is 1. The predicted octanol–water partition coefficient (Wildman–Crippen LogP) is 4.56. The van der Waals surface area contributed by atoms with Crippen molar-refractivity contribution in [2.45, 2.75) is 19.9 Å². The SMILES string of the molecule is CC(=O)Oc1cccc(C2/C(=C(/O)c3ccc(F)c(C)c3)C(=O)C(=O)N2c2ccc(C#N)cc2)c1. The first-order valence-corrected chi connectivity index (χ1v) is 10.6. The number of ketones is 1. The van der Waals surface area contributed by atoms with Crippen molar-refractivity contribution >= 4 is 29.1 Å². The van der Waals surface area contributed by atoms with E-state index in [-0.39, 0.29) is 22.4 Å². The number of hydrogen-bond donors (Lipinski definition) is 1. The highest BCUT2D eigenvalue weighted by atomic mass is 19.1. The molecule has 0 saturated carbocycles. The van der Waals surface area contributed by atoms with E-state index in [1.54, 1.807) is 18.2 Å². The van der Waals surface area contributed by atoms with Gasteiger partial charge in [-0.1, -0.05) is 12.1 Å². The average molecular weight is 470 g/mol. The van der Waals surface area contributed by atoms with Crippen LogP contribution in [0, 0.1) is 24.1 Å². The summed E-state index contributed by atoms with van der Waals surface area (Å²) in [6.07, 6.45) is 0. The highest BCUT2D eigenvalue weighted by molar-refractivity contribution is 6.51. The van der Waals surface area contributed by atoms with E-state index in [0.29, 0.717) is 16.8 Å². The van der Waals surface area contributed by atoms with Crippen molar-refractivity contribution in [3.05, 3.63) is 100 Å². The third-order valence-corrected chi connectivity index (χ3v) is 5.59. The topological polar surface area (TPSA) is 108 Å². The summed E-state index contributed by atoms with van der Waals surface area (Å²) in [4.78, 5) is 39.1. The molecule has 4 rings (SSSR count). The van der Waals surface area contributed by atoms with E-state index < -0.39 is 35.3 Å². The minimum atomic E-state index is -1.08. The maximum Gasteiger partial charge on any atom is 0.308 e. The van der Waals surface area contributed by atoms with Crippen LogP contribution < -0.4 is 9.64 Å². The number of amides is 1. The fourth-order valence-electron chi connectivity index (χ4n) is 3.97. The first-order valence-electron chi connectivity index (χ1n) is 10.6. The second kappa shape index (κ2) is 9.23. The molecule has 1 heterocycles. The van der Waals surface area contributed by atoms with Crippen molar-refractivity contribution < 1.29 is 28.6 Å². The number of aryl methyl sites for hydroxylation is 1. The molecule has 0 spiro atoms. The molecule has 1 aliphatic rings. The van der Waals surface area contributed by atoms with Crippen molar-refractivity contribution in [3.8, 4) is 11.8 Å². The van der Waals surface area contributed by atoms with Crippen LogP contribution in [0.3, 0.4) is 0 Å². The van der Waals surface area contributed by atoms with Crippen molar-refractivity contribution in [2.75, 3.05) is 4.90 Å². The molecular formula is C27H19FN2O5. The van der Waals surface area contributed by atoms with Gasteiger partial charge in [0.05, 0.1) is 23.2 Å². The standard InChI is InChI=1S/C27H19FN2O5/c1-15-12-19(8-11-22(15)28)25(32)23-24(18-4-3-5-21(13-18)35-16(2)31)30(27(34)26(23)33)20-9-6-17(14-29)7-10-20/h3-13,24,32H,1-2H3/b25-23-. The van der Waals surface area contributed by atoms with Gasteiger partial charge in [0.1, 0.15) is 17.3 Å². The highest BCUT2D eigenvalue weighted by Crippen LogP contribution is 2.43. The summed E-state index contributed by atoms with van der Waals surface area (Å²) in [5.74, 6) is -3.13. The van der Waals surface area contributed by atoms with Gasteiger partial charge in [-0.25, -0.2) is 4.39 Å². The predicted molar refractivity (Wildman–Crippen MR) is 125 cm³/mol. The van der Waals surface area contributed by atoms with E-state index in [9.17, 15) is 23.9 Å². The van der Waals surface area contributed by atoms with Crippen molar-refractivity contribution in [1.29, 1.82) is 5.26 Å². The molecule has 8 heteroatoms. The van der Waals surface area contributed by atoms with E-state index in [1.165, 1.54) is 61.2 Å². The monoisotopic (exact) mass is 470 g/mol. The molecule has 1 aliphatic heterocycles. The van der Waals surface area contributed by atoms with Crippen LogP contribution in [0.25, 0.3) is 5.76 Å². The number of hydrogen-bond acceptors (Lipinski definition) is 6. The number of benzene rings is 3. The van der Waals surface area contributed by atoms with Crippen LogP contribution >= 0.6 is 0 Å². The average Bonchev–Trinajstić information content (AvgIpc) is 3.10. The summed E-state index contributed by atoms with van der Waals surface area (Å²) in [6.45, 7) is 2.76. The lowest BCUT2D eigenvalue weighted by molar-refractivity contribution is -0.132. The van der Waals surface area contributed by atoms with E-state index in [0.717, 1.165) is 6.07 Å². The second-order valence-corrected chi connectivity index (χ2v) is 7.96. The molecule has 0 aliphatic carbocycles. The lowest BCUT2D eigenvalue weighted by Gasteiger charge is -2.25. The molecule has 0 bridgehead atoms. The van der Waals surface area contributed by atoms with E-state index in [4.69, 9.17) is 10.00 Å². The first kappa shape index (κ1) is 23.4. The molecule has 1 saturated heterocycles. The molecule has 7 nitrogen and oxygen atoms in total. The molecule has 1 fully saturated rings. The number of esters is 1. The highest BCUT2D eigenvalue weighted by Gasteiger charge is 2.47. The van der Waals surface area contributed by atoms with Gasteiger partial charge in [-0.15, -0.1) is 0 Å². The summed E-state index contributed by atoms with van der Waals surface area (Å²) in [6, 6.07) is 17.1. The summed E-state index contributed by atoms with van der Waals surface area (Å²) in [7, 11) is 0. The molecule has 35 heavy (non-hydrogen) atoms.